The van der Waals surface area contributed by atoms with Crippen LogP contribution in [0.15, 0.2) is 292 Å². The first kappa shape index (κ1) is 46.8. The SMILES string of the molecule is c1ccc2c(c1)-c1ccccc1C21c2ccccc2-c2ccc(-c3ccc(-c4ccc5c(c4)C4(c6ccccc6-c6ccccc64)c4ccccc4-5)c4nc(-c5ccc(-c6ccncc6)cc5)c(-c5ccc(-c6ccncc6)cc5)nc34)cc21. The predicted octanol–water partition coefficient (Wildman–Crippen LogP) is 19.1. The molecule has 4 heteroatoms. The maximum atomic E-state index is 6.02. The summed E-state index contributed by atoms with van der Waals surface area (Å²) in [6.07, 6.45) is 7.39. The van der Waals surface area contributed by atoms with Crippen molar-refractivity contribution in [3.05, 3.63) is 336 Å². The van der Waals surface area contributed by atoms with E-state index in [-0.39, 0.29) is 0 Å². The highest BCUT2D eigenvalue weighted by Crippen LogP contribution is 2.65. The standard InChI is InChI=1S/C80H48N4/c1-7-19-67-59(13-1)60-14-2-8-20-68(60)79(67)71-23-11-5-17-63(71)65-35-33-55(47-73(65)79)57-37-38-58(56-34-36-66-64-18-6-12-24-72(64)80(74(66)48-56)69-21-9-3-15-61(69)62-16-4-10-22-70(62)80)78-77(57)83-75(53-29-25-49(26-30-53)51-39-43-81-44-40-51)76(84-78)54-31-27-50(28-32-54)52-41-45-82-46-42-52/h1-48H. The van der Waals surface area contributed by atoms with Crippen LogP contribution in [-0.4, -0.2) is 19.9 Å². The van der Waals surface area contributed by atoms with Crippen LogP contribution in [0.25, 0.3) is 123 Å². The second-order valence-electron chi connectivity index (χ2n) is 22.7. The van der Waals surface area contributed by atoms with Crippen LogP contribution in [0, 0.1) is 0 Å². The molecule has 388 valence electrons. The van der Waals surface area contributed by atoms with Gasteiger partial charge in [0.05, 0.1) is 33.3 Å². The molecular weight excluding hydrogens is 1020 g/mol. The quantitative estimate of drug-likeness (QED) is 0.167. The number of pyridine rings is 2. The molecule has 0 saturated heterocycles. The van der Waals surface area contributed by atoms with E-state index in [1.165, 1.54) is 89.0 Å². The molecule has 0 bridgehead atoms. The Hall–Kier alpha value is -10.9. The second kappa shape index (κ2) is 17.8. The van der Waals surface area contributed by atoms with Crippen molar-refractivity contribution >= 4 is 11.0 Å². The lowest BCUT2D eigenvalue weighted by Crippen LogP contribution is -2.25. The van der Waals surface area contributed by atoms with Crippen molar-refractivity contribution in [2.75, 3.05) is 0 Å². The first-order valence-electron chi connectivity index (χ1n) is 28.9. The number of hydrogen-bond donors (Lipinski definition) is 0. The molecule has 14 aromatic rings. The van der Waals surface area contributed by atoms with Gasteiger partial charge in [0.15, 0.2) is 0 Å². The van der Waals surface area contributed by atoms with Gasteiger partial charge in [-0.25, -0.2) is 9.97 Å². The fourth-order valence-electron chi connectivity index (χ4n) is 15.3. The van der Waals surface area contributed by atoms with E-state index >= 15 is 0 Å². The summed E-state index contributed by atoms with van der Waals surface area (Å²) in [5.74, 6) is 0. The molecule has 4 nitrogen and oxygen atoms in total. The maximum absolute atomic E-state index is 6.02. The number of nitrogens with zero attached hydrogens (tertiary/aromatic N) is 4. The van der Waals surface area contributed by atoms with Gasteiger partial charge in [0.25, 0.3) is 0 Å². The van der Waals surface area contributed by atoms with E-state index < -0.39 is 10.8 Å². The smallest absolute Gasteiger partial charge is 0.0979 e. The Labute approximate surface area is 486 Å². The fraction of sp³-hybridized carbons (Fsp3) is 0.0250. The minimum absolute atomic E-state index is 0.511. The molecule has 84 heavy (non-hydrogen) atoms. The molecule has 4 aliphatic carbocycles. The van der Waals surface area contributed by atoms with Gasteiger partial charge in [-0.05, 0) is 159 Å². The molecule has 0 N–H and O–H groups in total. The summed E-state index contributed by atoms with van der Waals surface area (Å²) in [6.45, 7) is 0. The molecule has 0 saturated carbocycles. The van der Waals surface area contributed by atoms with Crippen LogP contribution in [-0.2, 0) is 10.8 Å². The summed E-state index contributed by atoms with van der Waals surface area (Å²) in [7, 11) is 0. The summed E-state index contributed by atoms with van der Waals surface area (Å²) in [5, 5.41) is 0. The van der Waals surface area contributed by atoms with Crippen LogP contribution < -0.4 is 0 Å². The first-order valence-corrected chi connectivity index (χ1v) is 28.9. The molecule has 18 rings (SSSR count). The van der Waals surface area contributed by atoms with E-state index in [0.29, 0.717) is 0 Å². The summed E-state index contributed by atoms with van der Waals surface area (Å²) >= 11 is 0. The van der Waals surface area contributed by atoms with Gasteiger partial charge in [-0.1, -0.05) is 231 Å². The van der Waals surface area contributed by atoms with Gasteiger partial charge < -0.3 is 0 Å². The average Bonchev–Trinajstić information content (AvgIpc) is 2.25. The van der Waals surface area contributed by atoms with Crippen molar-refractivity contribution < 1.29 is 0 Å². The molecule has 3 aromatic heterocycles. The minimum atomic E-state index is -0.511. The van der Waals surface area contributed by atoms with E-state index in [0.717, 1.165) is 78.1 Å². The number of fused-ring (bicyclic) bond motifs is 21. The third-order valence-electron chi connectivity index (χ3n) is 18.8. The highest BCUT2D eigenvalue weighted by atomic mass is 14.8. The molecule has 11 aromatic carbocycles. The lowest BCUT2D eigenvalue weighted by molar-refractivity contribution is 0.794. The van der Waals surface area contributed by atoms with Crippen molar-refractivity contribution in [2.24, 2.45) is 0 Å². The van der Waals surface area contributed by atoms with Gasteiger partial charge in [0, 0.05) is 47.0 Å². The van der Waals surface area contributed by atoms with Crippen molar-refractivity contribution in [3.63, 3.8) is 0 Å². The van der Waals surface area contributed by atoms with Crippen LogP contribution in [0.2, 0.25) is 0 Å². The third kappa shape index (κ3) is 6.37. The zero-order chi connectivity index (χ0) is 55.1. The Morgan fingerprint density at radius 1 is 0.190 bits per heavy atom. The van der Waals surface area contributed by atoms with Gasteiger partial charge in [-0.15, -0.1) is 0 Å². The highest BCUT2D eigenvalue weighted by Gasteiger charge is 2.53. The lowest BCUT2D eigenvalue weighted by Gasteiger charge is -2.31. The molecule has 0 amide bonds. The zero-order valence-electron chi connectivity index (χ0n) is 45.5. The average molecular weight is 1070 g/mol. The normalized spacial score (nSPS) is 13.7. The Bertz CT molecular complexity index is 4620. The van der Waals surface area contributed by atoms with Gasteiger partial charge >= 0.3 is 0 Å². The Balaban J connectivity index is 0.909. The minimum Gasteiger partial charge on any atom is -0.265 e. The summed E-state index contributed by atoms with van der Waals surface area (Å²) in [4.78, 5) is 20.7. The van der Waals surface area contributed by atoms with Crippen molar-refractivity contribution in [2.45, 2.75) is 10.8 Å². The van der Waals surface area contributed by atoms with Crippen LogP contribution in [0.3, 0.4) is 0 Å². The Kier molecular flexibility index (Phi) is 9.90. The van der Waals surface area contributed by atoms with Crippen LogP contribution in [0.1, 0.15) is 44.5 Å². The van der Waals surface area contributed by atoms with Crippen molar-refractivity contribution in [1.29, 1.82) is 0 Å². The second-order valence-corrected chi connectivity index (χ2v) is 22.7. The highest BCUT2D eigenvalue weighted by molar-refractivity contribution is 6.06. The van der Waals surface area contributed by atoms with E-state index in [1.807, 2.05) is 24.8 Å². The number of aromatic nitrogens is 4. The fourth-order valence-corrected chi connectivity index (χ4v) is 15.3. The van der Waals surface area contributed by atoms with E-state index in [1.54, 1.807) is 0 Å². The topological polar surface area (TPSA) is 51.6 Å². The Morgan fingerprint density at radius 3 is 0.738 bits per heavy atom. The lowest BCUT2D eigenvalue weighted by atomic mass is 9.70. The number of rotatable bonds is 6. The molecule has 3 heterocycles. The van der Waals surface area contributed by atoms with E-state index in [2.05, 4.69) is 277 Å². The third-order valence-corrected chi connectivity index (χ3v) is 18.8. The molecule has 0 unspecified atom stereocenters. The van der Waals surface area contributed by atoms with Crippen LogP contribution in [0.4, 0.5) is 0 Å². The monoisotopic (exact) mass is 1060 g/mol. The molecule has 2 spiro atoms. The molecule has 4 aliphatic rings. The first-order chi connectivity index (χ1) is 41.7. The van der Waals surface area contributed by atoms with Crippen LogP contribution in [0.5, 0.6) is 0 Å². The summed E-state index contributed by atoms with van der Waals surface area (Å²) in [6, 6.07) is 99.0. The molecule has 0 radical (unpaired) electrons. The molecule has 0 fully saturated rings. The summed E-state index contributed by atoms with van der Waals surface area (Å²) < 4.78 is 0. The number of hydrogen-bond acceptors (Lipinski definition) is 4. The van der Waals surface area contributed by atoms with Gasteiger partial charge in [0.2, 0.25) is 0 Å². The summed E-state index contributed by atoms with van der Waals surface area (Å²) in [5.41, 5.74) is 33.5. The number of benzene rings is 11. The molecular formula is C80H48N4. The van der Waals surface area contributed by atoms with E-state index in [9.17, 15) is 0 Å². The Morgan fingerprint density at radius 2 is 0.429 bits per heavy atom. The van der Waals surface area contributed by atoms with E-state index in [4.69, 9.17) is 9.97 Å². The largest absolute Gasteiger partial charge is 0.265 e. The molecule has 0 aliphatic heterocycles. The zero-order valence-corrected chi connectivity index (χ0v) is 45.5. The van der Waals surface area contributed by atoms with Gasteiger partial charge in [0.1, 0.15) is 0 Å². The van der Waals surface area contributed by atoms with Crippen LogP contribution >= 0.6 is 0 Å². The van der Waals surface area contributed by atoms with Gasteiger partial charge in [-0.2, -0.15) is 0 Å². The van der Waals surface area contributed by atoms with Gasteiger partial charge in [-0.3, -0.25) is 9.97 Å². The molecule has 0 atom stereocenters. The predicted molar refractivity (Wildman–Crippen MR) is 340 cm³/mol. The van der Waals surface area contributed by atoms with Crippen molar-refractivity contribution in [3.8, 4) is 112 Å². The maximum Gasteiger partial charge on any atom is 0.0979 e. The van der Waals surface area contributed by atoms with Crippen molar-refractivity contribution in [1.82, 2.24) is 19.9 Å².